The van der Waals surface area contributed by atoms with E-state index < -0.39 is 12.0 Å². The summed E-state index contributed by atoms with van der Waals surface area (Å²) in [6, 6.07) is 17.5. The minimum Gasteiger partial charge on any atom is -0.480 e. The first-order valence-corrected chi connectivity index (χ1v) is 7.98. The van der Waals surface area contributed by atoms with Gasteiger partial charge in [0.25, 0.3) is 0 Å². The summed E-state index contributed by atoms with van der Waals surface area (Å²) < 4.78 is 0. The summed E-state index contributed by atoms with van der Waals surface area (Å²) in [6.45, 7) is 5.19. The number of hydrogen-bond acceptors (Lipinski definition) is 3. The van der Waals surface area contributed by atoms with Crippen molar-refractivity contribution in [3.63, 3.8) is 0 Å². The lowest BCUT2D eigenvalue weighted by molar-refractivity contribution is -0.143. The Hall–Kier alpha value is -2.33. The van der Waals surface area contributed by atoms with Crippen LogP contribution in [0, 0.1) is 6.92 Å². The molecule has 1 aliphatic rings. The first-order chi connectivity index (χ1) is 11.1. The number of benzene rings is 2. The lowest BCUT2D eigenvalue weighted by atomic mass is 10.0. The average Bonchev–Trinajstić information content (AvgIpc) is 2.56. The van der Waals surface area contributed by atoms with Gasteiger partial charge in [0.05, 0.1) is 0 Å². The van der Waals surface area contributed by atoms with Crippen molar-refractivity contribution >= 4 is 11.7 Å². The predicted molar refractivity (Wildman–Crippen MR) is 91.8 cm³/mol. The highest BCUT2D eigenvalue weighted by Gasteiger charge is 2.30. The van der Waals surface area contributed by atoms with Crippen molar-refractivity contribution < 1.29 is 9.90 Å². The molecule has 0 aromatic heterocycles. The van der Waals surface area contributed by atoms with E-state index in [0.717, 1.165) is 37.3 Å². The molecule has 4 heteroatoms. The van der Waals surface area contributed by atoms with E-state index in [4.69, 9.17) is 0 Å². The van der Waals surface area contributed by atoms with E-state index >= 15 is 0 Å². The van der Waals surface area contributed by atoms with Crippen LogP contribution in [0.15, 0.2) is 54.6 Å². The Morgan fingerprint density at radius 3 is 2.30 bits per heavy atom. The van der Waals surface area contributed by atoms with Gasteiger partial charge in [-0.05, 0) is 24.6 Å². The molecule has 1 saturated heterocycles. The number of hydrogen-bond donors (Lipinski definition) is 1. The highest BCUT2D eigenvalue weighted by Crippen LogP contribution is 2.25. The molecule has 0 aliphatic carbocycles. The molecule has 3 rings (SSSR count). The van der Waals surface area contributed by atoms with Gasteiger partial charge >= 0.3 is 5.97 Å². The van der Waals surface area contributed by atoms with E-state index in [1.165, 1.54) is 5.69 Å². The lowest BCUT2D eigenvalue weighted by Crippen LogP contribution is -2.49. The Labute approximate surface area is 137 Å². The Bertz CT molecular complexity index is 664. The third-order valence-electron chi connectivity index (χ3n) is 4.39. The Kier molecular flexibility index (Phi) is 4.63. The Morgan fingerprint density at radius 2 is 1.70 bits per heavy atom. The summed E-state index contributed by atoms with van der Waals surface area (Å²) in [5.74, 6) is -0.774. The molecular weight excluding hydrogens is 288 g/mol. The standard InChI is InChI=1S/C19H22N2O2/c1-15-6-5-7-16(14-15)18(19(22)23)21-12-10-20(11-13-21)17-8-3-2-4-9-17/h2-9,14,18H,10-13H2,1H3,(H,22,23). The summed E-state index contributed by atoms with van der Waals surface area (Å²) in [4.78, 5) is 16.2. The van der Waals surface area contributed by atoms with Crippen LogP contribution in [0.3, 0.4) is 0 Å². The van der Waals surface area contributed by atoms with Crippen LogP contribution in [0.5, 0.6) is 0 Å². The van der Waals surface area contributed by atoms with Crippen LogP contribution >= 0.6 is 0 Å². The molecule has 0 radical (unpaired) electrons. The molecule has 2 aromatic carbocycles. The largest absolute Gasteiger partial charge is 0.480 e. The zero-order valence-corrected chi connectivity index (χ0v) is 13.4. The van der Waals surface area contributed by atoms with Crippen molar-refractivity contribution in [2.45, 2.75) is 13.0 Å². The fraction of sp³-hybridized carbons (Fsp3) is 0.316. The maximum atomic E-state index is 11.8. The molecule has 0 bridgehead atoms. The van der Waals surface area contributed by atoms with Gasteiger partial charge in [0.1, 0.15) is 6.04 Å². The first kappa shape index (κ1) is 15.6. The number of anilines is 1. The van der Waals surface area contributed by atoms with Gasteiger partial charge in [-0.15, -0.1) is 0 Å². The number of carboxylic acids is 1. The van der Waals surface area contributed by atoms with Gasteiger partial charge in [-0.2, -0.15) is 0 Å². The summed E-state index contributed by atoms with van der Waals surface area (Å²) >= 11 is 0. The Balaban J connectivity index is 1.73. The van der Waals surface area contributed by atoms with Crippen LogP contribution in [0.1, 0.15) is 17.2 Å². The van der Waals surface area contributed by atoms with E-state index in [0.29, 0.717) is 0 Å². The van der Waals surface area contributed by atoms with E-state index in [1.807, 2.05) is 49.4 Å². The third kappa shape index (κ3) is 3.54. The van der Waals surface area contributed by atoms with Gasteiger partial charge in [0, 0.05) is 31.9 Å². The number of carbonyl (C=O) groups is 1. The van der Waals surface area contributed by atoms with Crippen LogP contribution in [0.4, 0.5) is 5.69 Å². The van der Waals surface area contributed by atoms with E-state index in [1.54, 1.807) is 0 Å². The fourth-order valence-corrected chi connectivity index (χ4v) is 3.23. The number of carboxylic acid groups (broad SMARTS) is 1. The molecule has 1 N–H and O–H groups in total. The monoisotopic (exact) mass is 310 g/mol. The minimum atomic E-state index is -0.774. The molecule has 120 valence electrons. The van der Waals surface area contributed by atoms with Gasteiger partial charge in [-0.25, -0.2) is 0 Å². The molecule has 4 nitrogen and oxygen atoms in total. The second-order valence-electron chi connectivity index (χ2n) is 6.01. The molecule has 1 heterocycles. The van der Waals surface area contributed by atoms with Crippen molar-refractivity contribution in [2.75, 3.05) is 31.1 Å². The van der Waals surface area contributed by atoms with E-state index in [-0.39, 0.29) is 0 Å². The number of aliphatic carboxylic acids is 1. The molecule has 1 atom stereocenters. The molecule has 23 heavy (non-hydrogen) atoms. The number of para-hydroxylation sites is 1. The molecule has 1 unspecified atom stereocenters. The summed E-state index contributed by atoms with van der Waals surface area (Å²) in [7, 11) is 0. The zero-order chi connectivity index (χ0) is 16.2. The number of rotatable bonds is 4. The van der Waals surface area contributed by atoms with Crippen LogP contribution in [0.2, 0.25) is 0 Å². The van der Waals surface area contributed by atoms with Crippen molar-refractivity contribution in [1.29, 1.82) is 0 Å². The van der Waals surface area contributed by atoms with Gasteiger partial charge in [-0.3, -0.25) is 9.69 Å². The number of aryl methyl sites for hydroxylation is 1. The summed E-state index contributed by atoms with van der Waals surface area (Å²) in [5, 5.41) is 9.70. The van der Waals surface area contributed by atoms with Crippen molar-refractivity contribution in [2.24, 2.45) is 0 Å². The van der Waals surface area contributed by atoms with Gasteiger partial charge < -0.3 is 10.0 Å². The quantitative estimate of drug-likeness (QED) is 0.943. The molecular formula is C19H22N2O2. The van der Waals surface area contributed by atoms with Crippen LogP contribution in [0.25, 0.3) is 0 Å². The highest BCUT2D eigenvalue weighted by molar-refractivity contribution is 5.75. The molecule has 2 aromatic rings. The van der Waals surface area contributed by atoms with E-state index in [9.17, 15) is 9.90 Å². The Morgan fingerprint density at radius 1 is 1.00 bits per heavy atom. The zero-order valence-electron chi connectivity index (χ0n) is 13.4. The predicted octanol–water partition coefficient (Wildman–Crippen LogP) is 2.94. The molecule has 0 saturated carbocycles. The topological polar surface area (TPSA) is 43.8 Å². The first-order valence-electron chi connectivity index (χ1n) is 7.98. The molecule has 1 fully saturated rings. The number of piperazine rings is 1. The summed E-state index contributed by atoms with van der Waals surface area (Å²) in [5.41, 5.74) is 3.16. The van der Waals surface area contributed by atoms with Gasteiger partial charge in [0.15, 0.2) is 0 Å². The molecule has 0 spiro atoms. The highest BCUT2D eigenvalue weighted by atomic mass is 16.4. The second-order valence-corrected chi connectivity index (χ2v) is 6.01. The van der Waals surface area contributed by atoms with Crippen LogP contribution < -0.4 is 4.90 Å². The molecule has 0 amide bonds. The maximum Gasteiger partial charge on any atom is 0.325 e. The van der Waals surface area contributed by atoms with Crippen LogP contribution in [-0.2, 0) is 4.79 Å². The fourth-order valence-electron chi connectivity index (χ4n) is 3.23. The van der Waals surface area contributed by atoms with Crippen molar-refractivity contribution in [3.05, 3.63) is 65.7 Å². The lowest BCUT2D eigenvalue weighted by Gasteiger charge is -2.39. The minimum absolute atomic E-state index is 0.562. The third-order valence-corrected chi connectivity index (χ3v) is 4.39. The summed E-state index contributed by atoms with van der Waals surface area (Å²) in [6.07, 6.45) is 0. The average molecular weight is 310 g/mol. The molecule has 1 aliphatic heterocycles. The number of nitrogens with zero attached hydrogens (tertiary/aromatic N) is 2. The van der Waals surface area contributed by atoms with Gasteiger partial charge in [0.2, 0.25) is 0 Å². The van der Waals surface area contributed by atoms with Crippen molar-refractivity contribution in [3.8, 4) is 0 Å². The van der Waals surface area contributed by atoms with Gasteiger partial charge in [-0.1, -0.05) is 48.0 Å². The normalized spacial score (nSPS) is 17.0. The SMILES string of the molecule is Cc1cccc(C(C(=O)O)N2CCN(c3ccccc3)CC2)c1. The van der Waals surface area contributed by atoms with Crippen molar-refractivity contribution in [1.82, 2.24) is 4.90 Å². The smallest absolute Gasteiger partial charge is 0.325 e. The van der Waals surface area contributed by atoms with E-state index in [2.05, 4.69) is 21.9 Å². The maximum absolute atomic E-state index is 11.8. The second kappa shape index (κ2) is 6.84. The van der Waals surface area contributed by atoms with Crippen LogP contribution in [-0.4, -0.2) is 42.2 Å².